The number of halogens is 1. The van der Waals surface area contributed by atoms with E-state index >= 15 is 0 Å². The number of rotatable bonds is 2. The van der Waals surface area contributed by atoms with Crippen molar-refractivity contribution in [3.8, 4) is 5.75 Å². The Kier molecular flexibility index (Phi) is 2.59. The second kappa shape index (κ2) is 3.48. The van der Waals surface area contributed by atoms with Crippen molar-refractivity contribution in [3.05, 3.63) is 26.9 Å². The van der Waals surface area contributed by atoms with E-state index in [0.717, 1.165) is 0 Å². The summed E-state index contributed by atoms with van der Waals surface area (Å²) in [4.78, 5) is 13.2. The predicted molar refractivity (Wildman–Crippen MR) is 45.1 cm³/mol. The molecule has 0 amide bonds. The summed E-state index contributed by atoms with van der Waals surface area (Å²) in [7, 11) is 1.43. The zero-order chi connectivity index (χ0) is 9.14. The zero-order valence-electron chi connectivity index (χ0n) is 6.15. The largest absolute Gasteiger partial charge is 0.495 e. The maximum Gasteiger partial charge on any atom is 0.367 e. The Balaban J connectivity index is 3.13. The third-order valence-electron chi connectivity index (χ3n) is 1.21. The number of aromatic nitrogens is 1. The molecule has 1 aromatic heterocycles. The van der Waals surface area contributed by atoms with Crippen LogP contribution in [-0.2, 0) is 0 Å². The summed E-state index contributed by atoms with van der Waals surface area (Å²) in [6.07, 6.45) is 1.33. The van der Waals surface area contributed by atoms with Gasteiger partial charge in [0.1, 0.15) is 10.2 Å². The van der Waals surface area contributed by atoms with Crippen LogP contribution < -0.4 is 4.74 Å². The van der Waals surface area contributed by atoms with Crippen molar-refractivity contribution in [2.75, 3.05) is 7.11 Å². The Bertz CT molecular complexity index is 316. The van der Waals surface area contributed by atoms with Crippen molar-refractivity contribution in [3.63, 3.8) is 0 Å². The van der Waals surface area contributed by atoms with Crippen molar-refractivity contribution < 1.29 is 9.66 Å². The summed E-state index contributed by atoms with van der Waals surface area (Å²) in [6.45, 7) is 0. The van der Waals surface area contributed by atoms with E-state index in [4.69, 9.17) is 4.74 Å². The van der Waals surface area contributed by atoms with Gasteiger partial charge in [-0.1, -0.05) is 0 Å². The lowest BCUT2D eigenvalue weighted by Gasteiger charge is -1.99. The second-order valence-electron chi connectivity index (χ2n) is 1.93. The summed E-state index contributed by atoms with van der Waals surface area (Å²) < 4.78 is 5.44. The number of hydrogen-bond acceptors (Lipinski definition) is 4. The number of nitro groups is 1. The molecular weight excluding hydrogens is 228 g/mol. The third-order valence-corrected chi connectivity index (χ3v) is 1.81. The predicted octanol–water partition coefficient (Wildman–Crippen LogP) is 1.76. The molecule has 1 heterocycles. The minimum atomic E-state index is -0.574. The van der Waals surface area contributed by atoms with Crippen LogP contribution in [-0.4, -0.2) is 17.0 Å². The molecule has 0 aliphatic heterocycles. The summed E-state index contributed by atoms with van der Waals surface area (Å²) in [6, 6.07) is 1.25. The SMILES string of the molecule is COc1cc([N+](=O)[O-])ncc1Br. The zero-order valence-corrected chi connectivity index (χ0v) is 7.74. The van der Waals surface area contributed by atoms with E-state index in [9.17, 15) is 10.1 Å². The van der Waals surface area contributed by atoms with E-state index in [1.165, 1.54) is 19.4 Å². The molecule has 64 valence electrons. The number of nitrogens with zero attached hydrogens (tertiary/aromatic N) is 2. The molecule has 0 aliphatic rings. The average molecular weight is 233 g/mol. The van der Waals surface area contributed by atoms with Gasteiger partial charge < -0.3 is 14.9 Å². The molecule has 0 aromatic carbocycles. The Hall–Kier alpha value is -1.17. The van der Waals surface area contributed by atoms with Gasteiger partial charge in [0, 0.05) is 0 Å². The lowest BCUT2D eigenvalue weighted by Crippen LogP contribution is -1.93. The Labute approximate surface area is 76.7 Å². The number of pyridine rings is 1. The van der Waals surface area contributed by atoms with Gasteiger partial charge in [0.05, 0.1) is 13.2 Å². The fourth-order valence-corrected chi connectivity index (χ4v) is 1.04. The fourth-order valence-electron chi connectivity index (χ4n) is 0.666. The van der Waals surface area contributed by atoms with Crippen molar-refractivity contribution >= 4 is 21.7 Å². The van der Waals surface area contributed by atoms with Crippen molar-refractivity contribution in [1.29, 1.82) is 0 Å². The highest BCUT2D eigenvalue weighted by atomic mass is 79.9. The normalized spacial score (nSPS) is 9.50. The summed E-state index contributed by atoms with van der Waals surface area (Å²) >= 11 is 3.13. The van der Waals surface area contributed by atoms with Gasteiger partial charge in [-0.05, 0) is 25.8 Å². The molecule has 0 radical (unpaired) electrons. The molecule has 0 N–H and O–H groups in total. The summed E-state index contributed by atoms with van der Waals surface area (Å²) in [5.41, 5.74) is 0. The molecule has 0 aliphatic carbocycles. The van der Waals surface area contributed by atoms with Gasteiger partial charge in [-0.3, -0.25) is 0 Å². The van der Waals surface area contributed by atoms with E-state index in [1.807, 2.05) is 0 Å². The van der Waals surface area contributed by atoms with E-state index < -0.39 is 4.92 Å². The lowest BCUT2D eigenvalue weighted by atomic mass is 10.4. The van der Waals surface area contributed by atoms with Crippen LogP contribution in [0.15, 0.2) is 16.7 Å². The maximum atomic E-state index is 10.3. The molecule has 5 nitrogen and oxygen atoms in total. The number of methoxy groups -OCH3 is 1. The molecule has 12 heavy (non-hydrogen) atoms. The van der Waals surface area contributed by atoms with Crippen LogP contribution >= 0.6 is 15.9 Å². The average Bonchev–Trinajstić information content (AvgIpc) is 2.05. The van der Waals surface area contributed by atoms with Gasteiger partial charge in [-0.15, -0.1) is 0 Å². The van der Waals surface area contributed by atoms with Crippen LogP contribution in [0.4, 0.5) is 5.82 Å². The van der Waals surface area contributed by atoms with Crippen LogP contribution in [0.25, 0.3) is 0 Å². The van der Waals surface area contributed by atoms with Crippen LogP contribution in [0, 0.1) is 10.1 Å². The van der Waals surface area contributed by atoms with Gasteiger partial charge in [0.15, 0.2) is 6.20 Å². The van der Waals surface area contributed by atoms with E-state index in [1.54, 1.807) is 0 Å². The summed E-state index contributed by atoms with van der Waals surface area (Å²) in [5.74, 6) is 0.173. The number of hydrogen-bond donors (Lipinski definition) is 0. The molecule has 6 heteroatoms. The van der Waals surface area contributed by atoms with Crippen LogP contribution in [0.1, 0.15) is 0 Å². The van der Waals surface area contributed by atoms with Crippen LogP contribution in [0.5, 0.6) is 5.75 Å². The molecule has 0 saturated carbocycles. The monoisotopic (exact) mass is 232 g/mol. The van der Waals surface area contributed by atoms with E-state index in [-0.39, 0.29) is 5.82 Å². The Morgan fingerprint density at radius 2 is 2.42 bits per heavy atom. The molecule has 0 spiro atoms. The van der Waals surface area contributed by atoms with Gasteiger partial charge in [0.2, 0.25) is 0 Å². The van der Waals surface area contributed by atoms with Crippen molar-refractivity contribution in [1.82, 2.24) is 4.98 Å². The standard InChI is InChI=1S/C6H5BrN2O3/c1-12-5-2-6(9(10)11)8-3-4(5)7/h2-3H,1H3. The highest BCUT2D eigenvalue weighted by Crippen LogP contribution is 2.26. The molecule has 0 unspecified atom stereocenters. The highest BCUT2D eigenvalue weighted by Gasteiger charge is 2.11. The first-order valence-corrected chi connectivity index (χ1v) is 3.78. The fraction of sp³-hybridized carbons (Fsp3) is 0.167. The van der Waals surface area contributed by atoms with Crippen molar-refractivity contribution in [2.24, 2.45) is 0 Å². The second-order valence-corrected chi connectivity index (χ2v) is 2.79. The smallest absolute Gasteiger partial charge is 0.367 e. The topological polar surface area (TPSA) is 65.3 Å². The van der Waals surface area contributed by atoms with Crippen LogP contribution in [0.2, 0.25) is 0 Å². The van der Waals surface area contributed by atoms with Gasteiger partial charge >= 0.3 is 5.82 Å². The molecule has 0 bridgehead atoms. The van der Waals surface area contributed by atoms with Crippen molar-refractivity contribution in [2.45, 2.75) is 0 Å². The summed E-state index contributed by atoms with van der Waals surface area (Å²) in [5, 5.41) is 10.3. The van der Waals surface area contributed by atoms with Gasteiger partial charge in [-0.25, -0.2) is 0 Å². The maximum absolute atomic E-state index is 10.3. The van der Waals surface area contributed by atoms with Gasteiger partial charge in [-0.2, -0.15) is 0 Å². The molecule has 0 atom stereocenters. The Morgan fingerprint density at radius 1 is 1.75 bits per heavy atom. The third kappa shape index (κ3) is 1.70. The highest BCUT2D eigenvalue weighted by molar-refractivity contribution is 9.10. The lowest BCUT2D eigenvalue weighted by molar-refractivity contribution is -0.389. The van der Waals surface area contributed by atoms with Gasteiger partial charge in [0.25, 0.3) is 0 Å². The molecule has 1 aromatic rings. The molecule has 1 rings (SSSR count). The quantitative estimate of drug-likeness (QED) is 0.576. The van der Waals surface area contributed by atoms with E-state index in [2.05, 4.69) is 20.9 Å². The van der Waals surface area contributed by atoms with Crippen LogP contribution in [0.3, 0.4) is 0 Å². The Morgan fingerprint density at radius 3 is 2.92 bits per heavy atom. The number of ether oxygens (including phenoxy) is 1. The molecule has 0 saturated heterocycles. The first-order chi connectivity index (χ1) is 5.65. The molecule has 0 fully saturated rings. The first-order valence-electron chi connectivity index (χ1n) is 2.99. The first kappa shape index (κ1) is 8.92. The van der Waals surface area contributed by atoms with E-state index in [0.29, 0.717) is 10.2 Å². The minimum Gasteiger partial charge on any atom is -0.495 e. The minimum absolute atomic E-state index is 0.227. The molecular formula is C6H5BrN2O3.